The molecule has 31 heavy (non-hydrogen) atoms. The lowest BCUT2D eigenvalue weighted by atomic mass is 9.95. The second-order valence-electron chi connectivity index (χ2n) is 7.13. The first kappa shape index (κ1) is 22.4. The summed E-state index contributed by atoms with van der Waals surface area (Å²) in [5, 5.41) is 11.1. The summed E-state index contributed by atoms with van der Waals surface area (Å²) >= 11 is 0. The summed E-state index contributed by atoms with van der Waals surface area (Å²) in [6.07, 6.45) is 0.846. The Balaban J connectivity index is 2.09. The molecule has 1 N–H and O–H groups in total. The van der Waals surface area contributed by atoms with Crippen LogP contribution in [0.2, 0.25) is 0 Å². The minimum Gasteiger partial charge on any atom is -0.507 e. The average Bonchev–Trinajstić information content (AvgIpc) is 3.05. The van der Waals surface area contributed by atoms with Gasteiger partial charge < -0.3 is 24.2 Å². The van der Waals surface area contributed by atoms with Crippen LogP contribution in [0.1, 0.15) is 30.5 Å². The van der Waals surface area contributed by atoms with Gasteiger partial charge in [-0.1, -0.05) is 31.2 Å². The lowest BCUT2D eigenvalue weighted by Gasteiger charge is -2.25. The standard InChI is InChI=1S/C24H27NO6/c1-4-13-31-19-7-5-6-17(15-19)22(26)20-21(16-8-10-18(30-3)11-9-16)25(12-14-29-2)24(28)23(20)27/h5-11,15,21,26H,4,12-14H2,1-3H3/b22-20+. The molecule has 1 saturated heterocycles. The maximum absolute atomic E-state index is 13.0. The molecule has 2 aromatic carbocycles. The van der Waals surface area contributed by atoms with Crippen LogP contribution in [0.5, 0.6) is 11.5 Å². The van der Waals surface area contributed by atoms with Gasteiger partial charge in [0.05, 0.1) is 31.9 Å². The number of carbonyl (C=O) groups excluding carboxylic acids is 2. The van der Waals surface area contributed by atoms with Crippen LogP contribution in [0, 0.1) is 0 Å². The summed E-state index contributed by atoms with van der Waals surface area (Å²) < 4.78 is 16.0. The molecule has 0 aromatic heterocycles. The highest BCUT2D eigenvalue weighted by atomic mass is 16.5. The van der Waals surface area contributed by atoms with Crippen molar-refractivity contribution in [3.63, 3.8) is 0 Å². The first-order chi connectivity index (χ1) is 15.0. The number of ketones is 1. The number of nitrogens with zero attached hydrogens (tertiary/aromatic N) is 1. The lowest BCUT2D eigenvalue weighted by molar-refractivity contribution is -0.140. The number of hydrogen-bond acceptors (Lipinski definition) is 6. The van der Waals surface area contributed by atoms with E-state index in [-0.39, 0.29) is 24.5 Å². The largest absolute Gasteiger partial charge is 0.507 e. The van der Waals surface area contributed by atoms with Crippen molar-refractivity contribution >= 4 is 17.4 Å². The summed E-state index contributed by atoms with van der Waals surface area (Å²) in [7, 11) is 3.09. The summed E-state index contributed by atoms with van der Waals surface area (Å²) in [5.74, 6) is -0.396. The van der Waals surface area contributed by atoms with Gasteiger partial charge in [0.2, 0.25) is 0 Å². The molecule has 0 spiro atoms. The Kier molecular flexibility index (Phi) is 7.31. The molecule has 3 rings (SSSR count). The Morgan fingerprint density at radius 3 is 2.42 bits per heavy atom. The maximum Gasteiger partial charge on any atom is 0.295 e. The molecule has 1 amide bonds. The van der Waals surface area contributed by atoms with Crippen LogP contribution in [0.4, 0.5) is 0 Å². The highest BCUT2D eigenvalue weighted by molar-refractivity contribution is 6.46. The zero-order chi connectivity index (χ0) is 22.4. The van der Waals surface area contributed by atoms with E-state index in [1.165, 1.54) is 12.0 Å². The van der Waals surface area contributed by atoms with E-state index in [1.807, 2.05) is 6.92 Å². The predicted octanol–water partition coefficient (Wildman–Crippen LogP) is 3.55. The van der Waals surface area contributed by atoms with Crippen LogP contribution in [0.3, 0.4) is 0 Å². The molecule has 0 saturated carbocycles. The van der Waals surface area contributed by atoms with Gasteiger partial charge in [-0.3, -0.25) is 9.59 Å². The number of carbonyl (C=O) groups is 2. The summed E-state index contributed by atoms with van der Waals surface area (Å²) in [5.41, 5.74) is 1.15. The normalized spacial score (nSPS) is 17.8. The number of ether oxygens (including phenoxy) is 3. The van der Waals surface area contributed by atoms with Crippen molar-refractivity contribution in [3.05, 3.63) is 65.2 Å². The Bertz CT molecular complexity index is 966. The number of hydrogen-bond donors (Lipinski definition) is 1. The molecule has 0 radical (unpaired) electrons. The van der Waals surface area contributed by atoms with Crippen LogP contribution >= 0.6 is 0 Å². The van der Waals surface area contributed by atoms with Crippen molar-refractivity contribution in [2.45, 2.75) is 19.4 Å². The van der Waals surface area contributed by atoms with E-state index in [9.17, 15) is 14.7 Å². The molecule has 2 aromatic rings. The third kappa shape index (κ3) is 4.72. The quantitative estimate of drug-likeness (QED) is 0.376. The number of methoxy groups -OCH3 is 2. The van der Waals surface area contributed by atoms with E-state index in [1.54, 1.807) is 55.6 Å². The van der Waals surface area contributed by atoms with Gasteiger partial charge in [0.25, 0.3) is 11.7 Å². The molecule has 7 nitrogen and oxygen atoms in total. The second-order valence-corrected chi connectivity index (χ2v) is 7.13. The highest BCUT2D eigenvalue weighted by Gasteiger charge is 2.45. The smallest absolute Gasteiger partial charge is 0.295 e. The summed E-state index contributed by atoms with van der Waals surface area (Å²) in [4.78, 5) is 27.2. The number of rotatable bonds is 9. The molecular weight excluding hydrogens is 398 g/mol. The van der Waals surface area contributed by atoms with Gasteiger partial charge in [0.1, 0.15) is 17.3 Å². The topological polar surface area (TPSA) is 85.3 Å². The van der Waals surface area contributed by atoms with Crippen molar-refractivity contribution in [1.82, 2.24) is 4.90 Å². The SMILES string of the molecule is CCCOc1cccc(/C(O)=C2\C(=O)C(=O)N(CCOC)C2c2ccc(OC)cc2)c1. The zero-order valence-corrected chi connectivity index (χ0v) is 18.0. The maximum atomic E-state index is 13.0. The first-order valence-corrected chi connectivity index (χ1v) is 10.2. The number of aliphatic hydroxyl groups excluding tert-OH is 1. The fourth-order valence-electron chi connectivity index (χ4n) is 3.54. The fourth-order valence-corrected chi connectivity index (χ4v) is 3.54. The van der Waals surface area contributed by atoms with E-state index >= 15 is 0 Å². The van der Waals surface area contributed by atoms with E-state index in [2.05, 4.69) is 0 Å². The van der Waals surface area contributed by atoms with Gasteiger partial charge in [-0.25, -0.2) is 0 Å². The van der Waals surface area contributed by atoms with Crippen molar-refractivity contribution in [3.8, 4) is 11.5 Å². The van der Waals surface area contributed by atoms with Gasteiger partial charge in [0, 0.05) is 19.2 Å². The van der Waals surface area contributed by atoms with E-state index in [0.717, 1.165) is 6.42 Å². The van der Waals surface area contributed by atoms with E-state index in [0.29, 0.717) is 29.2 Å². The monoisotopic (exact) mass is 425 g/mol. The molecular formula is C24H27NO6. The van der Waals surface area contributed by atoms with Gasteiger partial charge in [0.15, 0.2) is 0 Å². The summed E-state index contributed by atoms with van der Waals surface area (Å²) in [6.45, 7) is 3.02. The van der Waals surface area contributed by atoms with Gasteiger partial charge >= 0.3 is 0 Å². The number of aliphatic hydroxyl groups is 1. The molecule has 1 heterocycles. The lowest BCUT2D eigenvalue weighted by Crippen LogP contribution is -2.32. The van der Waals surface area contributed by atoms with Crippen LogP contribution < -0.4 is 9.47 Å². The minimum absolute atomic E-state index is 0.0407. The molecule has 1 unspecified atom stereocenters. The zero-order valence-electron chi connectivity index (χ0n) is 18.0. The number of amides is 1. The molecule has 0 bridgehead atoms. The third-order valence-corrected chi connectivity index (χ3v) is 5.09. The van der Waals surface area contributed by atoms with Crippen LogP contribution in [-0.2, 0) is 14.3 Å². The second kappa shape index (κ2) is 10.1. The summed E-state index contributed by atoms with van der Waals surface area (Å²) in [6, 6.07) is 13.2. The van der Waals surface area contributed by atoms with E-state index in [4.69, 9.17) is 14.2 Å². The molecule has 1 aliphatic heterocycles. The van der Waals surface area contributed by atoms with Gasteiger partial charge in [-0.05, 0) is 36.2 Å². The van der Waals surface area contributed by atoms with Gasteiger partial charge in [-0.2, -0.15) is 0 Å². The molecule has 1 aliphatic rings. The van der Waals surface area contributed by atoms with Crippen molar-refractivity contribution in [1.29, 1.82) is 0 Å². The highest BCUT2D eigenvalue weighted by Crippen LogP contribution is 2.40. The number of Topliss-reactive ketones (excluding diaryl/α,β-unsaturated/α-hetero) is 1. The Hall–Kier alpha value is -3.32. The van der Waals surface area contributed by atoms with Crippen molar-refractivity contribution in [2.75, 3.05) is 34.0 Å². The predicted molar refractivity (Wildman–Crippen MR) is 116 cm³/mol. The van der Waals surface area contributed by atoms with E-state index < -0.39 is 17.7 Å². The molecule has 1 atom stereocenters. The fraction of sp³-hybridized carbons (Fsp3) is 0.333. The third-order valence-electron chi connectivity index (χ3n) is 5.09. The van der Waals surface area contributed by atoms with Crippen LogP contribution in [-0.4, -0.2) is 55.7 Å². The first-order valence-electron chi connectivity index (χ1n) is 10.2. The molecule has 0 aliphatic carbocycles. The van der Waals surface area contributed by atoms with Crippen LogP contribution in [0.15, 0.2) is 54.1 Å². The number of likely N-dealkylation sites (tertiary alicyclic amines) is 1. The van der Waals surface area contributed by atoms with Gasteiger partial charge in [-0.15, -0.1) is 0 Å². The molecule has 7 heteroatoms. The Morgan fingerprint density at radius 1 is 1.03 bits per heavy atom. The Morgan fingerprint density at radius 2 is 1.77 bits per heavy atom. The Labute approximate surface area is 181 Å². The number of benzene rings is 2. The van der Waals surface area contributed by atoms with Crippen LogP contribution in [0.25, 0.3) is 5.76 Å². The molecule has 1 fully saturated rings. The molecule has 164 valence electrons. The van der Waals surface area contributed by atoms with Crippen molar-refractivity contribution in [2.24, 2.45) is 0 Å². The van der Waals surface area contributed by atoms with Crippen molar-refractivity contribution < 1.29 is 28.9 Å². The minimum atomic E-state index is -0.735. The average molecular weight is 425 g/mol.